The molecular weight excluding hydrogens is 1630 g/mol. The molecule has 0 saturated carbocycles. The van der Waals surface area contributed by atoms with Crippen LogP contribution < -0.4 is 30.1 Å². The molecule has 5 heterocycles. The summed E-state index contributed by atoms with van der Waals surface area (Å²) >= 11 is 17.1. The van der Waals surface area contributed by atoms with E-state index < -0.39 is 17.3 Å². The van der Waals surface area contributed by atoms with E-state index in [0.717, 1.165) is 60.7 Å². The summed E-state index contributed by atoms with van der Waals surface area (Å²) in [5.41, 5.74) is 19.6. The van der Waals surface area contributed by atoms with E-state index in [1.807, 2.05) is 180 Å². The number of amides is 3. The normalized spacial score (nSPS) is 12.9. The second-order valence-corrected chi connectivity index (χ2v) is 36.5. The number of aryl methyl sites for hydroxylation is 1. The number of thiazole rings is 1. The van der Waals surface area contributed by atoms with Crippen LogP contribution in [0.25, 0.3) is 21.8 Å². The maximum absolute atomic E-state index is 13.8. The first kappa shape index (κ1) is 94.3. The monoisotopic (exact) mass is 1740 g/mol. The van der Waals surface area contributed by atoms with E-state index in [4.69, 9.17) is 48.1 Å². The van der Waals surface area contributed by atoms with Gasteiger partial charge in [-0.15, -0.1) is 11.3 Å². The molecule has 12 aromatic rings. The molecule has 15 rings (SSSR count). The Morgan fingerprint density at radius 3 is 1.67 bits per heavy atom. The molecule has 2 aromatic heterocycles. The molecule has 0 unspecified atom stereocenters. The number of esters is 1. The molecule has 0 atom stereocenters. The van der Waals surface area contributed by atoms with Crippen molar-refractivity contribution in [2.75, 3.05) is 35.7 Å². The van der Waals surface area contributed by atoms with E-state index in [1.165, 1.54) is 63.3 Å². The number of aromatic nitrogens is 2. The number of unbranched alkanes of at least 4 members (excludes halogenated alkanes) is 1. The number of halogens is 2. The Morgan fingerprint density at radius 1 is 0.561 bits per heavy atom. The van der Waals surface area contributed by atoms with Crippen LogP contribution in [0.15, 0.2) is 268 Å². The number of para-hydroxylation sites is 3. The minimum Gasteiger partial charge on any atom is -0.497 e. The third-order valence-corrected chi connectivity index (χ3v) is 25.1. The van der Waals surface area contributed by atoms with Crippen LogP contribution >= 0.6 is 58.1 Å². The van der Waals surface area contributed by atoms with Crippen molar-refractivity contribution >= 4 is 116 Å². The number of ketones is 2. The van der Waals surface area contributed by atoms with E-state index in [1.54, 1.807) is 96.9 Å². The molecule has 3 amide bonds. The minimum atomic E-state index is -1.44. The number of benzene rings is 10. The van der Waals surface area contributed by atoms with E-state index in [0.29, 0.717) is 76.2 Å². The van der Waals surface area contributed by atoms with Crippen molar-refractivity contribution in [2.24, 2.45) is 24.1 Å². The quantitative estimate of drug-likeness (QED) is 0.0408. The molecule has 20 heteroatoms. The summed E-state index contributed by atoms with van der Waals surface area (Å²) in [5, 5.41) is 5.31. The highest BCUT2D eigenvalue weighted by Gasteiger charge is 2.60. The van der Waals surface area contributed by atoms with Crippen molar-refractivity contribution in [1.82, 2.24) is 9.55 Å². The lowest BCUT2D eigenvalue weighted by Gasteiger charge is -2.30. The van der Waals surface area contributed by atoms with Crippen LogP contribution in [-0.2, 0) is 32.6 Å². The summed E-state index contributed by atoms with van der Waals surface area (Å²) in [6, 6.07) is 80.0. The van der Waals surface area contributed by atoms with Gasteiger partial charge < -0.3 is 29.4 Å². The lowest BCUT2D eigenvalue weighted by Crippen LogP contribution is -2.42. The van der Waals surface area contributed by atoms with Crippen LogP contribution in [0.4, 0.5) is 22.7 Å². The number of fused-ring (bicyclic) bond motifs is 4. The predicted octanol–water partition coefficient (Wildman–Crippen LogP) is 26.7. The van der Waals surface area contributed by atoms with E-state index in [-0.39, 0.29) is 48.4 Å². The molecule has 0 spiro atoms. The fourth-order valence-corrected chi connectivity index (χ4v) is 17.9. The van der Waals surface area contributed by atoms with Gasteiger partial charge in [-0.25, -0.2) is 15.0 Å². The lowest BCUT2D eigenvalue weighted by atomic mass is 9.82. The fourth-order valence-electron chi connectivity index (χ4n) is 14.3. The maximum Gasteiger partial charge on any atom is 0.306 e. The van der Waals surface area contributed by atoms with Gasteiger partial charge in [-0.2, -0.15) is 0 Å². The highest BCUT2D eigenvalue weighted by Crippen LogP contribution is 2.50. The molecule has 123 heavy (non-hydrogen) atoms. The zero-order valence-electron chi connectivity index (χ0n) is 73.3. The highest BCUT2D eigenvalue weighted by molar-refractivity contribution is 8.00. The smallest absolute Gasteiger partial charge is 0.306 e. The van der Waals surface area contributed by atoms with Gasteiger partial charge in [0.15, 0.2) is 11.2 Å². The maximum atomic E-state index is 13.8. The van der Waals surface area contributed by atoms with Crippen LogP contribution in [0.3, 0.4) is 0 Å². The highest BCUT2D eigenvalue weighted by atomic mass is 35.5. The Balaban J connectivity index is 0.000000157. The Hall–Kier alpha value is -11.0. The number of hydrazine groups is 1. The molecule has 0 bridgehead atoms. The molecule has 2 N–H and O–H groups in total. The van der Waals surface area contributed by atoms with E-state index >= 15 is 0 Å². The van der Waals surface area contributed by atoms with Gasteiger partial charge in [0.05, 0.1) is 52.9 Å². The summed E-state index contributed by atoms with van der Waals surface area (Å²) in [5.74, 6) is 2.18. The summed E-state index contributed by atoms with van der Waals surface area (Å²) in [6.45, 7) is 28.9. The predicted molar refractivity (Wildman–Crippen MR) is 507 cm³/mol. The summed E-state index contributed by atoms with van der Waals surface area (Å²) in [6.07, 6.45) is 2.61. The number of nitrogens with zero attached hydrogens (tertiary/aromatic N) is 5. The Kier molecular flexibility index (Phi) is 33.6. The number of primary amides is 1. The third kappa shape index (κ3) is 23.9. The lowest BCUT2D eigenvalue weighted by molar-refractivity contribution is -0.152. The molecule has 15 nitrogen and oxygen atoms in total. The molecule has 0 aliphatic carbocycles. The second-order valence-electron chi connectivity index (χ2n) is 32.4. The summed E-state index contributed by atoms with van der Waals surface area (Å²) < 4.78 is 18.2. The fraction of sp³-hybridized carbons (Fsp3) is 0.291. The molecule has 3 aliphatic rings. The van der Waals surface area contributed by atoms with Gasteiger partial charge in [0.2, 0.25) is 5.78 Å². The van der Waals surface area contributed by atoms with Crippen LogP contribution in [0, 0.1) is 18.3 Å². The SMILES string of the molecule is CC(C)Oc1ccccc1C(N)=O.CC(C)c1ccc2c(c1)CC(=O)c1ccccc1S2.CC(C)c1sc(-c2ccccc2)nc1-c1ccc(Cl)cc1.CCCCC1(COC(=O)CC(C)C)C(=O)N(c2ccccc2)N(c2ccccc2)C1=O.COc1ccc2c(c1)Sc1ccc(C(C)C)cc1N2C.Cc1cc(C(C)C)n(C)c1C(=O)c1ccc(Cl)cc1. The van der Waals surface area contributed by atoms with Gasteiger partial charge in [0.1, 0.15) is 23.1 Å². The third-order valence-electron chi connectivity index (χ3n) is 20.9. The van der Waals surface area contributed by atoms with Crippen LogP contribution in [-0.4, -0.2) is 71.7 Å². The zero-order valence-corrected chi connectivity index (χ0v) is 77.3. The second kappa shape index (κ2) is 43.9. The van der Waals surface area contributed by atoms with Crippen molar-refractivity contribution in [1.29, 1.82) is 0 Å². The Labute approximate surface area is 748 Å². The minimum absolute atomic E-state index is 0.0421. The molecule has 1 fully saturated rings. The van der Waals surface area contributed by atoms with Crippen molar-refractivity contribution in [3.05, 3.63) is 314 Å². The number of ether oxygens (including phenoxy) is 3. The number of rotatable bonds is 21. The largest absolute Gasteiger partial charge is 0.497 e. The number of hydrogen-bond acceptors (Lipinski definition) is 14. The van der Waals surface area contributed by atoms with Gasteiger partial charge in [0, 0.05) is 89.4 Å². The van der Waals surface area contributed by atoms with Gasteiger partial charge in [-0.1, -0.05) is 263 Å². The molecule has 640 valence electrons. The van der Waals surface area contributed by atoms with Crippen molar-refractivity contribution in [2.45, 2.75) is 178 Å². The number of carbonyl (C=O) groups is 6. The van der Waals surface area contributed by atoms with Crippen LogP contribution in [0.5, 0.6) is 11.5 Å². The average molecular weight is 1750 g/mol. The molecular formula is C103H112Cl2N6O9S3. The number of Topliss-reactive ketones (excluding diaryl/α,β-unsaturated/α-hetero) is 1. The van der Waals surface area contributed by atoms with Gasteiger partial charge in [0.25, 0.3) is 17.7 Å². The van der Waals surface area contributed by atoms with Crippen LogP contribution in [0.2, 0.25) is 10.0 Å². The standard InChI is InChI=1S/C25H30N2O4.C18H16ClNS.C17H19NOS.C17H16OS.C16H18ClNO.C10H13NO2/c1-4-5-16-25(18-31-22(28)17-19(2)3)23(29)26(20-12-8-6-9-13-20)27(24(25)30)21-14-10-7-11-15-21;1-12(2)17-16(13-8-10-15(19)11-9-13)20-18(21-17)14-6-4-3-5-7-14;1-11(2)12-5-8-16-15(9-12)18(3)14-7-6-13(19-4)10-17(14)20-16;1-11(2)12-7-8-16-13(9-12)10-15(18)14-5-3-4-6-17(14)19-16;1-10(2)14-9-11(3)15(18(14)4)16(19)12-5-7-13(17)8-6-12;1-7(2)13-9-6-4-3-5-8(9)10(11)12/h6-15,19H,4-5,16-18H2,1-3H3;3-12H,1-2H3;5-11H,1-4H3;3-9,11H,10H2,1-2H3;5-10H,1-4H3;3-7H,1-2H3,(H2,11,12). The Morgan fingerprint density at radius 2 is 1.11 bits per heavy atom. The number of hydrogen-bond donors (Lipinski definition) is 1. The number of anilines is 4. The van der Waals surface area contributed by atoms with Crippen molar-refractivity contribution in [3.63, 3.8) is 0 Å². The number of carbonyl (C=O) groups excluding carboxylic acids is 6. The molecule has 10 aromatic carbocycles. The number of methoxy groups -OCH3 is 1. The molecule has 0 radical (unpaired) electrons. The van der Waals surface area contributed by atoms with Gasteiger partial charge in [-0.3, -0.25) is 28.8 Å². The van der Waals surface area contributed by atoms with Crippen molar-refractivity contribution < 1.29 is 43.0 Å². The van der Waals surface area contributed by atoms with E-state index in [2.05, 4.69) is 134 Å². The first-order chi connectivity index (χ1) is 58.8. The van der Waals surface area contributed by atoms with Crippen molar-refractivity contribution in [3.8, 4) is 33.3 Å². The zero-order chi connectivity index (χ0) is 88.9. The molecule has 3 aliphatic heterocycles. The molecule has 1 saturated heterocycles. The topological polar surface area (TPSA) is 184 Å². The summed E-state index contributed by atoms with van der Waals surface area (Å²) in [7, 11) is 5.79. The van der Waals surface area contributed by atoms with Gasteiger partial charge >= 0.3 is 5.97 Å². The average Bonchev–Trinajstić information content (AvgIpc) is 1.58. The first-order valence-electron chi connectivity index (χ1n) is 41.8. The van der Waals surface area contributed by atoms with Crippen LogP contribution in [0.1, 0.15) is 209 Å². The van der Waals surface area contributed by atoms with E-state index in [9.17, 15) is 28.8 Å². The van der Waals surface area contributed by atoms with Gasteiger partial charge in [-0.05, 0) is 200 Å². The Bertz CT molecular complexity index is 5560. The summed E-state index contributed by atoms with van der Waals surface area (Å²) in [4.78, 5) is 89.1. The number of nitrogens with two attached hydrogens (primary N) is 1. The first-order valence-corrected chi connectivity index (χ1v) is 45.0.